The average molecular weight is 424 g/mol. The Bertz CT molecular complexity index is 443. The number of halogens is 1. The fourth-order valence-corrected chi connectivity index (χ4v) is 1.97. The van der Waals surface area contributed by atoms with Crippen LogP contribution in [0, 0.1) is 0 Å². The number of rotatable bonds is 6. The molecule has 0 fully saturated rings. The van der Waals surface area contributed by atoms with Gasteiger partial charge in [-0.25, -0.2) is 0 Å². The van der Waals surface area contributed by atoms with Gasteiger partial charge in [0.1, 0.15) is 0 Å². The SMILES string of the molecule is CCNC(=NCC(C)(C)SC)N(C)Cc1cccn1C.I. The molecule has 1 aromatic rings. The summed E-state index contributed by atoms with van der Waals surface area (Å²) >= 11 is 1.85. The summed E-state index contributed by atoms with van der Waals surface area (Å²) in [7, 11) is 4.16. The van der Waals surface area contributed by atoms with Crippen LogP contribution in [0.25, 0.3) is 0 Å². The predicted octanol–water partition coefficient (Wildman–Crippen LogP) is 3.18. The number of nitrogens with one attached hydrogen (secondary N) is 1. The number of nitrogens with zero attached hydrogens (tertiary/aromatic N) is 3. The largest absolute Gasteiger partial charge is 0.357 e. The average Bonchev–Trinajstić information content (AvgIpc) is 2.80. The first-order valence-electron chi connectivity index (χ1n) is 7.04. The monoisotopic (exact) mass is 424 g/mol. The highest BCUT2D eigenvalue weighted by Crippen LogP contribution is 2.21. The molecule has 0 aliphatic rings. The van der Waals surface area contributed by atoms with Gasteiger partial charge in [0.2, 0.25) is 0 Å². The van der Waals surface area contributed by atoms with Gasteiger partial charge in [0.05, 0.1) is 13.1 Å². The summed E-state index contributed by atoms with van der Waals surface area (Å²) in [6.07, 6.45) is 4.21. The topological polar surface area (TPSA) is 32.6 Å². The van der Waals surface area contributed by atoms with Gasteiger partial charge in [-0.3, -0.25) is 4.99 Å². The van der Waals surface area contributed by atoms with Crippen LogP contribution in [-0.2, 0) is 13.6 Å². The Morgan fingerprint density at radius 2 is 2.14 bits per heavy atom. The minimum atomic E-state index is 0. The van der Waals surface area contributed by atoms with Crippen molar-refractivity contribution in [2.45, 2.75) is 32.1 Å². The molecule has 1 heterocycles. The number of guanidine groups is 1. The number of aliphatic imine (C=N–C) groups is 1. The van der Waals surface area contributed by atoms with Crippen LogP contribution in [-0.4, -0.2) is 46.6 Å². The standard InChI is InChI=1S/C15H28N4S.HI/c1-7-16-14(17-12-15(2,3)20-6)19(5)11-13-9-8-10-18(13)4;/h8-10H,7,11-12H2,1-6H3,(H,16,17);1H. The molecule has 1 N–H and O–H groups in total. The van der Waals surface area contributed by atoms with Gasteiger partial charge in [0, 0.05) is 37.3 Å². The van der Waals surface area contributed by atoms with Crippen molar-refractivity contribution in [1.82, 2.24) is 14.8 Å². The third-order valence-corrected chi connectivity index (χ3v) is 4.54. The van der Waals surface area contributed by atoms with Crippen LogP contribution >= 0.6 is 35.7 Å². The summed E-state index contributed by atoms with van der Waals surface area (Å²) in [5.74, 6) is 0.968. The summed E-state index contributed by atoms with van der Waals surface area (Å²) in [5, 5.41) is 3.37. The Hall–Kier alpha value is -0.370. The molecular weight excluding hydrogens is 395 g/mol. The van der Waals surface area contributed by atoms with Gasteiger partial charge in [0.25, 0.3) is 0 Å². The summed E-state index contributed by atoms with van der Waals surface area (Å²) < 4.78 is 2.32. The molecule has 0 amide bonds. The third-order valence-electron chi connectivity index (χ3n) is 3.31. The molecule has 0 saturated carbocycles. The fourth-order valence-electron chi connectivity index (χ4n) is 1.78. The van der Waals surface area contributed by atoms with E-state index in [9.17, 15) is 0 Å². The van der Waals surface area contributed by atoms with Crippen LogP contribution in [0.2, 0.25) is 0 Å². The highest BCUT2D eigenvalue weighted by Gasteiger charge is 2.16. The summed E-state index contributed by atoms with van der Waals surface area (Å²) in [4.78, 5) is 6.94. The Kier molecular flexibility index (Phi) is 9.44. The molecule has 0 radical (unpaired) electrons. The molecule has 21 heavy (non-hydrogen) atoms. The molecule has 1 rings (SSSR count). The highest BCUT2D eigenvalue weighted by atomic mass is 127. The van der Waals surface area contributed by atoms with Crippen LogP contribution in [0.15, 0.2) is 23.3 Å². The lowest BCUT2D eigenvalue weighted by Gasteiger charge is -2.25. The molecule has 6 heteroatoms. The maximum atomic E-state index is 4.77. The van der Waals surface area contributed by atoms with E-state index in [0.717, 1.165) is 25.6 Å². The lowest BCUT2D eigenvalue weighted by atomic mass is 10.2. The van der Waals surface area contributed by atoms with Crippen LogP contribution in [0.4, 0.5) is 0 Å². The molecule has 4 nitrogen and oxygen atoms in total. The van der Waals surface area contributed by atoms with E-state index in [-0.39, 0.29) is 28.7 Å². The molecule has 0 bridgehead atoms. The Morgan fingerprint density at radius 3 is 2.62 bits per heavy atom. The first-order chi connectivity index (χ1) is 9.39. The van der Waals surface area contributed by atoms with Crippen LogP contribution < -0.4 is 5.32 Å². The second-order valence-electron chi connectivity index (χ2n) is 5.60. The lowest BCUT2D eigenvalue weighted by Crippen LogP contribution is -2.39. The molecule has 1 aromatic heterocycles. The number of aryl methyl sites for hydroxylation is 1. The van der Waals surface area contributed by atoms with E-state index in [1.54, 1.807) is 0 Å². The van der Waals surface area contributed by atoms with Crippen molar-refractivity contribution >= 4 is 41.7 Å². The molecule has 0 saturated heterocycles. The zero-order valence-corrected chi connectivity index (χ0v) is 17.2. The van der Waals surface area contributed by atoms with E-state index in [1.807, 2.05) is 11.8 Å². The van der Waals surface area contributed by atoms with Crippen molar-refractivity contribution in [3.05, 3.63) is 24.0 Å². The van der Waals surface area contributed by atoms with Crippen molar-refractivity contribution in [3.63, 3.8) is 0 Å². The molecule has 122 valence electrons. The maximum Gasteiger partial charge on any atom is 0.194 e. The first-order valence-corrected chi connectivity index (χ1v) is 8.27. The molecular formula is C15H29IN4S. The quantitative estimate of drug-likeness (QED) is 0.433. The van der Waals surface area contributed by atoms with E-state index in [4.69, 9.17) is 4.99 Å². The van der Waals surface area contributed by atoms with E-state index < -0.39 is 0 Å². The minimum absolute atomic E-state index is 0. The molecule has 0 unspecified atom stereocenters. The van der Waals surface area contributed by atoms with Crippen molar-refractivity contribution in [2.75, 3.05) is 26.4 Å². The fraction of sp³-hybridized carbons (Fsp3) is 0.667. The van der Waals surface area contributed by atoms with Gasteiger partial charge in [-0.2, -0.15) is 11.8 Å². The lowest BCUT2D eigenvalue weighted by molar-refractivity contribution is 0.460. The molecule has 0 aromatic carbocycles. The maximum absolute atomic E-state index is 4.77. The predicted molar refractivity (Wildman–Crippen MR) is 106 cm³/mol. The zero-order valence-electron chi connectivity index (χ0n) is 14.0. The van der Waals surface area contributed by atoms with Crippen LogP contribution in [0.3, 0.4) is 0 Å². The van der Waals surface area contributed by atoms with Gasteiger partial charge < -0.3 is 14.8 Å². The van der Waals surface area contributed by atoms with Gasteiger partial charge in [-0.05, 0) is 39.2 Å². The van der Waals surface area contributed by atoms with Crippen molar-refractivity contribution in [3.8, 4) is 0 Å². The first kappa shape index (κ1) is 20.6. The number of hydrogen-bond donors (Lipinski definition) is 1. The smallest absolute Gasteiger partial charge is 0.194 e. The Balaban J connectivity index is 0.00000400. The number of aromatic nitrogens is 1. The van der Waals surface area contributed by atoms with E-state index >= 15 is 0 Å². The molecule has 0 atom stereocenters. The summed E-state index contributed by atoms with van der Waals surface area (Å²) in [5.41, 5.74) is 1.28. The van der Waals surface area contributed by atoms with Gasteiger partial charge in [-0.1, -0.05) is 0 Å². The summed E-state index contributed by atoms with van der Waals surface area (Å²) in [6.45, 7) is 9.11. The van der Waals surface area contributed by atoms with Crippen molar-refractivity contribution < 1.29 is 0 Å². The summed E-state index contributed by atoms with van der Waals surface area (Å²) in [6, 6.07) is 4.22. The van der Waals surface area contributed by atoms with Crippen molar-refractivity contribution in [2.24, 2.45) is 12.0 Å². The second kappa shape index (κ2) is 9.61. The van der Waals surface area contributed by atoms with Crippen LogP contribution in [0.1, 0.15) is 26.5 Å². The van der Waals surface area contributed by atoms with Crippen molar-refractivity contribution in [1.29, 1.82) is 0 Å². The minimum Gasteiger partial charge on any atom is -0.357 e. The normalized spacial score (nSPS) is 12.0. The number of thioether (sulfide) groups is 1. The molecule has 0 aliphatic heterocycles. The van der Waals surface area contributed by atoms with E-state index in [1.165, 1.54) is 5.69 Å². The van der Waals surface area contributed by atoms with Gasteiger partial charge in [-0.15, -0.1) is 24.0 Å². The van der Waals surface area contributed by atoms with E-state index in [2.05, 4.69) is 74.2 Å². The van der Waals surface area contributed by atoms with E-state index in [0.29, 0.717) is 0 Å². The highest BCUT2D eigenvalue weighted by molar-refractivity contribution is 14.0. The zero-order chi connectivity index (χ0) is 15.2. The Morgan fingerprint density at radius 1 is 1.48 bits per heavy atom. The van der Waals surface area contributed by atoms with Gasteiger partial charge in [0.15, 0.2) is 5.96 Å². The van der Waals surface area contributed by atoms with Crippen LogP contribution in [0.5, 0.6) is 0 Å². The Labute approximate surface area is 150 Å². The van der Waals surface area contributed by atoms with Gasteiger partial charge >= 0.3 is 0 Å². The number of hydrogen-bond acceptors (Lipinski definition) is 2. The third kappa shape index (κ3) is 6.95. The molecule has 0 spiro atoms. The molecule has 0 aliphatic carbocycles. The second-order valence-corrected chi connectivity index (χ2v) is 7.11.